The first-order valence-electron chi connectivity index (χ1n) is 10.3. The summed E-state index contributed by atoms with van der Waals surface area (Å²) >= 11 is 0. The van der Waals surface area contributed by atoms with Gasteiger partial charge in [-0.3, -0.25) is 0 Å². The summed E-state index contributed by atoms with van der Waals surface area (Å²) in [6.07, 6.45) is 7.65. The Balaban J connectivity index is 1.82. The van der Waals surface area contributed by atoms with Crippen molar-refractivity contribution in [3.63, 3.8) is 0 Å². The summed E-state index contributed by atoms with van der Waals surface area (Å²) in [7, 11) is 0. The van der Waals surface area contributed by atoms with Gasteiger partial charge in [0.15, 0.2) is 0 Å². The second-order valence-corrected chi connectivity index (χ2v) is 9.87. The summed E-state index contributed by atoms with van der Waals surface area (Å²) < 4.78 is 0. The van der Waals surface area contributed by atoms with Crippen molar-refractivity contribution < 1.29 is 9.90 Å². The Morgan fingerprint density at radius 3 is 2.14 bits per heavy atom. The zero-order valence-corrected chi connectivity index (χ0v) is 17.4. The monoisotopic (exact) mass is 374 g/mol. The zero-order valence-electron chi connectivity index (χ0n) is 17.4. The average Bonchev–Trinajstić information content (AvgIpc) is 3.46. The van der Waals surface area contributed by atoms with E-state index in [4.69, 9.17) is 5.11 Å². The molecule has 0 bridgehead atoms. The number of carboxylic acid groups (broad SMARTS) is 1. The van der Waals surface area contributed by atoms with Crippen LogP contribution in [0.15, 0.2) is 48.5 Å². The van der Waals surface area contributed by atoms with E-state index in [1.54, 1.807) is 6.08 Å². The number of aliphatic carboxylic acids is 1. The fraction of sp³-hybridized carbons (Fsp3) is 0.423. The molecule has 0 aromatic heterocycles. The first-order valence-corrected chi connectivity index (χ1v) is 10.3. The summed E-state index contributed by atoms with van der Waals surface area (Å²) in [5.74, 6) is -0.905. The van der Waals surface area contributed by atoms with Crippen LogP contribution in [-0.2, 0) is 21.0 Å². The molecular weight excluding hydrogens is 344 g/mol. The van der Waals surface area contributed by atoms with Gasteiger partial charge in [0.2, 0.25) is 0 Å². The number of hydrogen-bond donors (Lipinski definition) is 1. The first-order chi connectivity index (χ1) is 13.2. The van der Waals surface area contributed by atoms with Crippen molar-refractivity contribution in [3.05, 3.63) is 76.4 Å². The van der Waals surface area contributed by atoms with Gasteiger partial charge in [0.25, 0.3) is 0 Å². The molecule has 2 aromatic carbocycles. The van der Waals surface area contributed by atoms with E-state index in [2.05, 4.69) is 58.0 Å². The molecule has 2 nitrogen and oxygen atoms in total. The molecule has 2 aliphatic rings. The standard InChI is InChI=1S/C26H30O2/c1-24(2)13-14-25(3,4)22-17-19(10-11-21(22)24)26(15-16-26)20-8-6-5-7-18(20)9-12-23(27)28/h5-12,17H,13-16H2,1-4H3,(H,27,28)/b12-9+. The highest BCUT2D eigenvalue weighted by Gasteiger charge is 2.48. The van der Waals surface area contributed by atoms with Crippen molar-refractivity contribution in [3.8, 4) is 0 Å². The number of rotatable bonds is 4. The third kappa shape index (κ3) is 3.09. The van der Waals surface area contributed by atoms with E-state index >= 15 is 0 Å². The van der Waals surface area contributed by atoms with Gasteiger partial charge >= 0.3 is 5.97 Å². The minimum absolute atomic E-state index is 0.0200. The number of hydrogen-bond acceptors (Lipinski definition) is 1. The first kappa shape index (κ1) is 19.0. The predicted octanol–water partition coefficient (Wildman–Crippen LogP) is 6.21. The molecule has 1 fully saturated rings. The molecule has 0 amide bonds. The van der Waals surface area contributed by atoms with E-state index in [0.29, 0.717) is 0 Å². The van der Waals surface area contributed by atoms with Gasteiger partial charge in [-0.05, 0) is 70.4 Å². The lowest BCUT2D eigenvalue weighted by atomic mass is 9.62. The van der Waals surface area contributed by atoms with Crippen LogP contribution in [0.4, 0.5) is 0 Å². The second kappa shape index (κ2) is 6.34. The Bertz CT molecular complexity index is 958. The Hall–Kier alpha value is -2.35. The third-order valence-electron chi connectivity index (χ3n) is 7.04. The maximum atomic E-state index is 11.0. The molecule has 0 saturated heterocycles. The summed E-state index contributed by atoms with van der Waals surface area (Å²) in [6.45, 7) is 9.46. The number of carboxylic acids is 1. The number of carbonyl (C=O) groups is 1. The Labute approximate surface area is 168 Å². The molecule has 2 heteroatoms. The van der Waals surface area contributed by atoms with Gasteiger partial charge in [-0.1, -0.05) is 70.2 Å². The van der Waals surface area contributed by atoms with E-state index in [9.17, 15) is 4.79 Å². The van der Waals surface area contributed by atoms with Crippen LogP contribution < -0.4 is 0 Å². The van der Waals surface area contributed by atoms with Gasteiger partial charge in [-0.25, -0.2) is 4.79 Å². The van der Waals surface area contributed by atoms with Crippen LogP contribution >= 0.6 is 0 Å². The molecule has 146 valence electrons. The molecule has 2 aliphatic carbocycles. The van der Waals surface area contributed by atoms with Crippen molar-refractivity contribution in [1.29, 1.82) is 0 Å². The van der Waals surface area contributed by atoms with Crippen molar-refractivity contribution in [1.82, 2.24) is 0 Å². The Morgan fingerprint density at radius 2 is 1.50 bits per heavy atom. The van der Waals surface area contributed by atoms with E-state index in [1.165, 1.54) is 41.2 Å². The van der Waals surface area contributed by atoms with Gasteiger partial charge in [-0.15, -0.1) is 0 Å². The normalized spacial score (nSPS) is 21.3. The lowest BCUT2D eigenvalue weighted by Gasteiger charge is -2.42. The molecule has 0 unspecified atom stereocenters. The van der Waals surface area contributed by atoms with Crippen LogP contribution in [0.5, 0.6) is 0 Å². The average molecular weight is 375 g/mol. The topological polar surface area (TPSA) is 37.3 Å². The molecule has 0 atom stereocenters. The summed E-state index contributed by atoms with van der Waals surface area (Å²) in [4.78, 5) is 11.0. The van der Waals surface area contributed by atoms with Crippen molar-refractivity contribution in [2.45, 2.75) is 69.6 Å². The van der Waals surface area contributed by atoms with Crippen LogP contribution in [0.3, 0.4) is 0 Å². The van der Waals surface area contributed by atoms with Crippen LogP contribution in [0.25, 0.3) is 6.08 Å². The van der Waals surface area contributed by atoms with Crippen LogP contribution in [-0.4, -0.2) is 11.1 Å². The molecule has 2 aromatic rings. The van der Waals surface area contributed by atoms with E-state index < -0.39 is 5.97 Å². The summed E-state index contributed by atoms with van der Waals surface area (Å²) in [5, 5.41) is 9.05. The number of fused-ring (bicyclic) bond motifs is 1. The predicted molar refractivity (Wildman–Crippen MR) is 115 cm³/mol. The van der Waals surface area contributed by atoms with E-state index in [-0.39, 0.29) is 16.2 Å². The molecule has 0 aliphatic heterocycles. The van der Waals surface area contributed by atoms with Gasteiger partial charge in [0, 0.05) is 11.5 Å². The fourth-order valence-electron chi connectivity index (χ4n) is 4.96. The Kier molecular flexibility index (Phi) is 4.30. The summed E-state index contributed by atoms with van der Waals surface area (Å²) in [5.41, 5.74) is 7.07. The Morgan fingerprint density at radius 1 is 0.857 bits per heavy atom. The highest BCUT2D eigenvalue weighted by atomic mass is 16.4. The second-order valence-electron chi connectivity index (χ2n) is 9.87. The molecule has 0 spiro atoms. The smallest absolute Gasteiger partial charge is 0.328 e. The van der Waals surface area contributed by atoms with Crippen molar-refractivity contribution in [2.75, 3.05) is 0 Å². The molecular formula is C26H30O2. The number of benzene rings is 2. The highest BCUT2D eigenvalue weighted by Crippen LogP contribution is 2.56. The maximum absolute atomic E-state index is 11.0. The van der Waals surface area contributed by atoms with Crippen LogP contribution in [0.1, 0.15) is 81.2 Å². The van der Waals surface area contributed by atoms with Crippen molar-refractivity contribution in [2.24, 2.45) is 0 Å². The molecule has 4 rings (SSSR count). The van der Waals surface area contributed by atoms with E-state index in [0.717, 1.165) is 18.4 Å². The van der Waals surface area contributed by atoms with Crippen LogP contribution in [0.2, 0.25) is 0 Å². The van der Waals surface area contributed by atoms with Gasteiger partial charge in [0.05, 0.1) is 0 Å². The lowest BCUT2D eigenvalue weighted by molar-refractivity contribution is -0.131. The molecule has 0 radical (unpaired) electrons. The quantitative estimate of drug-likeness (QED) is 0.646. The largest absolute Gasteiger partial charge is 0.478 e. The minimum atomic E-state index is -0.905. The lowest BCUT2D eigenvalue weighted by Crippen LogP contribution is -2.34. The highest BCUT2D eigenvalue weighted by molar-refractivity contribution is 5.85. The van der Waals surface area contributed by atoms with Gasteiger partial charge in [-0.2, -0.15) is 0 Å². The van der Waals surface area contributed by atoms with Gasteiger partial charge in [0.1, 0.15) is 0 Å². The minimum Gasteiger partial charge on any atom is -0.478 e. The molecule has 28 heavy (non-hydrogen) atoms. The molecule has 1 saturated carbocycles. The zero-order chi connectivity index (χ0) is 20.2. The molecule has 1 N–H and O–H groups in total. The SMILES string of the molecule is CC1(C)CCC(C)(C)c2cc(C3(c4ccccc4/C=C/C(=O)O)CC3)ccc21. The van der Waals surface area contributed by atoms with E-state index in [1.807, 2.05) is 12.1 Å². The molecule has 0 heterocycles. The third-order valence-corrected chi connectivity index (χ3v) is 7.04. The maximum Gasteiger partial charge on any atom is 0.328 e. The van der Waals surface area contributed by atoms with Crippen LogP contribution in [0, 0.1) is 0 Å². The fourth-order valence-corrected chi connectivity index (χ4v) is 4.96. The summed E-state index contributed by atoms with van der Waals surface area (Å²) in [6, 6.07) is 15.4. The van der Waals surface area contributed by atoms with Gasteiger partial charge < -0.3 is 5.11 Å². The van der Waals surface area contributed by atoms with Crippen molar-refractivity contribution >= 4 is 12.0 Å².